The van der Waals surface area contributed by atoms with Gasteiger partial charge in [-0.2, -0.15) is 0 Å². The minimum Gasteiger partial charge on any atom is -0.496 e. The molecule has 3 aromatic carbocycles. The Morgan fingerprint density at radius 3 is 2.49 bits per heavy atom. The summed E-state index contributed by atoms with van der Waals surface area (Å²) in [4.78, 5) is 35.5. The van der Waals surface area contributed by atoms with Gasteiger partial charge in [0.2, 0.25) is 0 Å². The van der Waals surface area contributed by atoms with Crippen LogP contribution < -0.4 is 29.1 Å². The molecule has 0 fully saturated rings. The summed E-state index contributed by atoms with van der Waals surface area (Å²) < 4.78 is 19.0. The van der Waals surface area contributed by atoms with Gasteiger partial charge in [-0.05, 0) is 61.4 Å². The van der Waals surface area contributed by atoms with Crippen molar-refractivity contribution >= 4 is 34.1 Å². The summed E-state index contributed by atoms with van der Waals surface area (Å²) >= 11 is 1.27. The topological polar surface area (TPSA) is 82.4 Å². The van der Waals surface area contributed by atoms with E-state index in [2.05, 4.69) is 5.92 Å². The van der Waals surface area contributed by atoms with E-state index in [1.165, 1.54) is 11.3 Å². The summed E-state index contributed by atoms with van der Waals surface area (Å²) in [6.45, 7) is 6.88. The molecule has 0 N–H and O–H groups in total. The lowest BCUT2D eigenvalue weighted by atomic mass is 9.90. The van der Waals surface area contributed by atoms with Gasteiger partial charge >= 0.3 is 0 Å². The Bertz CT molecular complexity index is 1960. The number of likely N-dealkylation sites (N-methyl/N-ethyl adjacent to an activating group) is 1. The highest BCUT2D eigenvalue weighted by Crippen LogP contribution is 2.40. The second kappa shape index (κ2) is 12.6. The van der Waals surface area contributed by atoms with Crippen molar-refractivity contribution in [2.45, 2.75) is 26.8 Å². The van der Waals surface area contributed by atoms with E-state index in [0.29, 0.717) is 50.9 Å². The predicted octanol–water partition coefficient (Wildman–Crippen LogP) is 4.29. The minimum absolute atomic E-state index is 0.111. The number of amides is 1. The van der Waals surface area contributed by atoms with Crippen LogP contribution in [0.5, 0.6) is 17.2 Å². The van der Waals surface area contributed by atoms with Crippen LogP contribution in [0.2, 0.25) is 0 Å². The number of nitrogens with zero attached hydrogens (tertiary/aromatic N) is 3. The molecule has 0 radical (unpaired) electrons. The Hall–Kier alpha value is -4.81. The van der Waals surface area contributed by atoms with Crippen molar-refractivity contribution in [1.82, 2.24) is 9.47 Å². The maximum absolute atomic E-state index is 14.3. The lowest BCUT2D eigenvalue weighted by molar-refractivity contribution is -0.127. The molecule has 0 unspecified atom stereocenters. The van der Waals surface area contributed by atoms with Gasteiger partial charge in [0.05, 0.1) is 30.0 Å². The Labute approximate surface area is 254 Å². The maximum Gasteiger partial charge on any atom is 0.271 e. The van der Waals surface area contributed by atoms with Gasteiger partial charge < -0.3 is 19.1 Å². The largest absolute Gasteiger partial charge is 0.496 e. The first-order chi connectivity index (χ1) is 20.9. The zero-order valence-electron chi connectivity index (χ0n) is 24.8. The molecule has 1 aliphatic heterocycles. The number of thiazole rings is 1. The summed E-state index contributed by atoms with van der Waals surface area (Å²) in [5, 5.41) is 1.87. The number of aromatic nitrogens is 1. The molecule has 220 valence electrons. The van der Waals surface area contributed by atoms with Crippen molar-refractivity contribution in [3.05, 3.63) is 96.7 Å². The highest BCUT2D eigenvalue weighted by atomic mass is 32.1. The second-order valence-electron chi connectivity index (χ2n) is 9.86. The molecule has 9 heteroatoms. The average Bonchev–Trinajstić information content (AvgIpc) is 3.33. The van der Waals surface area contributed by atoms with E-state index in [1.54, 1.807) is 41.9 Å². The number of benzene rings is 3. The smallest absolute Gasteiger partial charge is 0.271 e. The van der Waals surface area contributed by atoms with Crippen molar-refractivity contribution < 1.29 is 19.0 Å². The molecular formula is C34H33N3O5S. The number of methoxy groups -OCH3 is 2. The minimum atomic E-state index is -0.748. The highest BCUT2D eigenvalue weighted by molar-refractivity contribution is 7.07. The number of allylic oxidation sites excluding steroid dienone is 1. The SMILES string of the molecule is C#CCOc1ccc(/C=c2/sc3n(c2=O)[C@@H](c2c(OC)ccc4ccccc24)C(C(=O)N(CC)CC)=C(C)N=3)cc1OC. The number of rotatable bonds is 9. The monoisotopic (exact) mass is 595 g/mol. The molecule has 2 heterocycles. The van der Waals surface area contributed by atoms with E-state index < -0.39 is 6.04 Å². The van der Waals surface area contributed by atoms with Crippen molar-refractivity contribution in [2.24, 2.45) is 4.99 Å². The number of carbonyl (C=O) groups is 1. The van der Waals surface area contributed by atoms with Crippen molar-refractivity contribution in [3.63, 3.8) is 0 Å². The number of hydrogen-bond acceptors (Lipinski definition) is 7. The van der Waals surface area contributed by atoms with E-state index >= 15 is 0 Å². The van der Waals surface area contributed by atoms with Crippen LogP contribution in [-0.4, -0.2) is 49.3 Å². The molecular weight excluding hydrogens is 562 g/mol. The third-order valence-electron chi connectivity index (χ3n) is 7.52. The molecule has 1 atom stereocenters. The van der Waals surface area contributed by atoms with Crippen LogP contribution in [0, 0.1) is 12.3 Å². The maximum atomic E-state index is 14.3. The third kappa shape index (κ3) is 5.42. The summed E-state index contributed by atoms with van der Waals surface area (Å²) in [6.07, 6.45) is 7.13. The molecule has 8 nitrogen and oxygen atoms in total. The van der Waals surface area contributed by atoms with Crippen LogP contribution >= 0.6 is 11.3 Å². The first kappa shape index (κ1) is 29.7. The van der Waals surface area contributed by atoms with Gasteiger partial charge in [-0.15, -0.1) is 6.42 Å². The first-order valence-electron chi connectivity index (χ1n) is 14.0. The molecule has 0 saturated heterocycles. The van der Waals surface area contributed by atoms with Crippen LogP contribution in [0.1, 0.15) is 37.9 Å². The van der Waals surface area contributed by atoms with E-state index in [4.69, 9.17) is 25.6 Å². The quantitative estimate of drug-likeness (QED) is 0.270. The molecule has 1 amide bonds. The summed E-state index contributed by atoms with van der Waals surface area (Å²) in [6, 6.07) is 16.4. The van der Waals surface area contributed by atoms with E-state index in [0.717, 1.165) is 21.9 Å². The van der Waals surface area contributed by atoms with Crippen LogP contribution in [0.15, 0.2) is 75.7 Å². The van der Waals surface area contributed by atoms with Crippen LogP contribution in [0.4, 0.5) is 0 Å². The van der Waals surface area contributed by atoms with Crippen LogP contribution in [0.25, 0.3) is 16.8 Å². The average molecular weight is 596 g/mol. The van der Waals surface area contributed by atoms with Crippen molar-refractivity contribution in [3.8, 4) is 29.6 Å². The highest BCUT2D eigenvalue weighted by Gasteiger charge is 2.36. The zero-order chi connectivity index (χ0) is 30.7. The molecule has 0 spiro atoms. The normalized spacial score (nSPS) is 14.6. The summed E-state index contributed by atoms with van der Waals surface area (Å²) in [5.41, 5.74) is 2.25. The Morgan fingerprint density at radius 2 is 1.79 bits per heavy atom. The number of fused-ring (bicyclic) bond motifs is 2. The number of terminal acetylenes is 1. The Morgan fingerprint density at radius 1 is 1.07 bits per heavy atom. The van der Waals surface area contributed by atoms with Crippen molar-refractivity contribution in [2.75, 3.05) is 33.9 Å². The zero-order valence-corrected chi connectivity index (χ0v) is 25.7. The van der Waals surface area contributed by atoms with Crippen molar-refractivity contribution in [1.29, 1.82) is 0 Å². The van der Waals surface area contributed by atoms with Gasteiger partial charge in [-0.3, -0.25) is 14.2 Å². The lowest BCUT2D eigenvalue weighted by Crippen LogP contribution is -2.43. The first-order valence-corrected chi connectivity index (χ1v) is 14.8. The van der Waals surface area contributed by atoms with Gasteiger partial charge in [0, 0.05) is 18.7 Å². The molecule has 0 bridgehead atoms. The van der Waals surface area contributed by atoms with E-state index in [1.807, 2.05) is 63.2 Å². The van der Waals surface area contributed by atoms with Gasteiger partial charge in [0.25, 0.3) is 11.5 Å². The fourth-order valence-electron chi connectivity index (χ4n) is 5.45. The number of ether oxygens (including phenoxy) is 3. The molecule has 1 aliphatic rings. The van der Waals surface area contributed by atoms with E-state index in [-0.39, 0.29) is 18.1 Å². The van der Waals surface area contributed by atoms with Gasteiger partial charge in [-0.25, -0.2) is 4.99 Å². The van der Waals surface area contributed by atoms with E-state index in [9.17, 15) is 9.59 Å². The van der Waals surface area contributed by atoms with Gasteiger partial charge in [0.15, 0.2) is 16.3 Å². The fraction of sp³-hybridized carbons (Fsp3) is 0.265. The predicted molar refractivity (Wildman–Crippen MR) is 170 cm³/mol. The number of hydrogen-bond donors (Lipinski definition) is 0. The summed E-state index contributed by atoms with van der Waals surface area (Å²) in [5.74, 6) is 3.88. The Balaban J connectivity index is 1.78. The van der Waals surface area contributed by atoms with Gasteiger partial charge in [0.1, 0.15) is 18.4 Å². The molecule has 5 rings (SSSR count). The lowest BCUT2D eigenvalue weighted by Gasteiger charge is -2.30. The van der Waals surface area contributed by atoms with Gasteiger partial charge in [-0.1, -0.05) is 53.7 Å². The standard InChI is InChI=1S/C34H33N3O5S/c1-7-18-42-25-16-14-22(19-27(25)41-6)20-28-32(38)37-31(30-24-13-11-10-12-23(24)15-17-26(30)40-5)29(21(4)35-34(37)43-28)33(39)36(8-2)9-3/h1,10-17,19-20,31H,8-9,18H2,2-6H3/b28-20+/t31-/m1/s1. The molecule has 1 aromatic heterocycles. The number of carbonyl (C=O) groups excluding carboxylic acids is 1. The van der Waals surface area contributed by atoms with Crippen LogP contribution in [-0.2, 0) is 4.79 Å². The second-order valence-corrected chi connectivity index (χ2v) is 10.9. The molecule has 43 heavy (non-hydrogen) atoms. The summed E-state index contributed by atoms with van der Waals surface area (Å²) in [7, 11) is 3.15. The Kier molecular flexibility index (Phi) is 8.69. The fourth-order valence-corrected chi connectivity index (χ4v) is 6.50. The molecule has 0 aliphatic carbocycles. The molecule has 0 saturated carbocycles. The third-order valence-corrected chi connectivity index (χ3v) is 8.51. The molecule has 4 aromatic rings. The van der Waals surface area contributed by atoms with Crippen LogP contribution in [0.3, 0.4) is 0 Å².